The molecular formula is C22H29N3O2S. The molecular weight excluding hydrogens is 370 g/mol. The Labute approximate surface area is 173 Å². The van der Waals surface area contributed by atoms with E-state index in [1.165, 1.54) is 18.4 Å². The molecule has 1 saturated heterocycles. The Morgan fingerprint density at radius 2 is 1.82 bits per heavy atom. The Morgan fingerprint density at radius 1 is 1.11 bits per heavy atom. The number of rotatable bonds is 8. The third-order valence-electron chi connectivity index (χ3n) is 4.96. The largest absolute Gasteiger partial charge is 0.496 e. The highest BCUT2D eigenvalue weighted by Gasteiger charge is 2.25. The van der Waals surface area contributed by atoms with Crippen LogP contribution in [-0.2, 0) is 0 Å². The fourth-order valence-electron chi connectivity index (χ4n) is 3.60. The molecule has 0 radical (unpaired) electrons. The van der Waals surface area contributed by atoms with Gasteiger partial charge >= 0.3 is 0 Å². The zero-order chi connectivity index (χ0) is 19.8. The number of nitrogens with zero attached hydrogens (tertiary/aromatic N) is 1. The Bertz CT molecular complexity index is 761. The van der Waals surface area contributed by atoms with Crippen molar-refractivity contribution in [3.8, 4) is 11.5 Å². The van der Waals surface area contributed by atoms with E-state index in [4.69, 9.17) is 21.7 Å². The van der Waals surface area contributed by atoms with Gasteiger partial charge in [0.25, 0.3) is 0 Å². The maximum absolute atomic E-state index is 5.60. The van der Waals surface area contributed by atoms with Crippen LogP contribution in [0.5, 0.6) is 11.5 Å². The van der Waals surface area contributed by atoms with Gasteiger partial charge in [-0.05, 0) is 75.4 Å². The van der Waals surface area contributed by atoms with Gasteiger partial charge in [-0.15, -0.1) is 0 Å². The third kappa shape index (κ3) is 5.36. The van der Waals surface area contributed by atoms with E-state index in [1.54, 1.807) is 7.11 Å². The molecule has 2 N–H and O–H groups in total. The first-order valence-electron chi connectivity index (χ1n) is 9.86. The Balaban J connectivity index is 1.63. The number of hydrogen-bond donors (Lipinski definition) is 2. The van der Waals surface area contributed by atoms with Gasteiger partial charge in [-0.25, -0.2) is 0 Å². The van der Waals surface area contributed by atoms with Gasteiger partial charge in [0.2, 0.25) is 0 Å². The highest BCUT2D eigenvalue weighted by molar-refractivity contribution is 7.80. The fraction of sp³-hybridized carbons (Fsp3) is 0.409. The predicted octanol–water partition coefficient (Wildman–Crippen LogP) is 4.22. The van der Waals surface area contributed by atoms with E-state index < -0.39 is 0 Å². The quantitative estimate of drug-likeness (QED) is 0.648. The lowest BCUT2D eigenvalue weighted by Gasteiger charge is -2.29. The van der Waals surface area contributed by atoms with Crippen LogP contribution in [0.2, 0.25) is 0 Å². The van der Waals surface area contributed by atoms with Crippen molar-refractivity contribution in [1.82, 2.24) is 10.2 Å². The number of likely N-dealkylation sites (tertiary alicyclic amines) is 1. The number of ether oxygens (including phenoxy) is 2. The van der Waals surface area contributed by atoms with Crippen LogP contribution in [0.4, 0.5) is 5.69 Å². The first-order valence-corrected chi connectivity index (χ1v) is 10.3. The lowest BCUT2D eigenvalue weighted by Crippen LogP contribution is -2.38. The maximum atomic E-state index is 5.60. The van der Waals surface area contributed by atoms with Crippen molar-refractivity contribution >= 4 is 23.0 Å². The van der Waals surface area contributed by atoms with E-state index in [0.29, 0.717) is 11.7 Å². The Hall–Kier alpha value is -2.31. The predicted molar refractivity (Wildman–Crippen MR) is 118 cm³/mol. The van der Waals surface area contributed by atoms with Gasteiger partial charge in [0.15, 0.2) is 5.11 Å². The topological polar surface area (TPSA) is 45.8 Å². The van der Waals surface area contributed by atoms with Crippen molar-refractivity contribution in [1.29, 1.82) is 0 Å². The van der Waals surface area contributed by atoms with Crippen molar-refractivity contribution < 1.29 is 9.47 Å². The summed E-state index contributed by atoms with van der Waals surface area (Å²) >= 11 is 5.52. The number of nitrogens with one attached hydrogen (secondary N) is 2. The monoisotopic (exact) mass is 399 g/mol. The van der Waals surface area contributed by atoms with Crippen molar-refractivity contribution in [2.45, 2.75) is 25.8 Å². The zero-order valence-electron chi connectivity index (χ0n) is 16.6. The minimum atomic E-state index is 0.221. The SMILES string of the molecule is CCOc1ccc(NC(=S)NCC(c2ccccc2OC)N2CCCC2)cc1. The molecule has 0 saturated carbocycles. The molecule has 5 nitrogen and oxygen atoms in total. The molecule has 1 heterocycles. The van der Waals surface area contributed by atoms with Crippen LogP contribution in [-0.4, -0.2) is 43.4 Å². The first-order chi connectivity index (χ1) is 13.7. The normalized spacial score (nSPS) is 15.1. The zero-order valence-corrected chi connectivity index (χ0v) is 17.4. The number of benzene rings is 2. The molecule has 1 atom stereocenters. The molecule has 28 heavy (non-hydrogen) atoms. The molecule has 1 aliphatic heterocycles. The van der Waals surface area contributed by atoms with Gasteiger partial charge in [0.1, 0.15) is 11.5 Å². The molecule has 6 heteroatoms. The molecule has 3 rings (SSSR count). The van der Waals surface area contributed by atoms with E-state index in [-0.39, 0.29) is 6.04 Å². The first kappa shape index (κ1) is 20.4. The average Bonchev–Trinajstić information content (AvgIpc) is 3.25. The van der Waals surface area contributed by atoms with Gasteiger partial charge in [0, 0.05) is 17.8 Å². The van der Waals surface area contributed by atoms with Crippen LogP contribution < -0.4 is 20.1 Å². The highest BCUT2D eigenvalue weighted by atomic mass is 32.1. The van der Waals surface area contributed by atoms with E-state index >= 15 is 0 Å². The average molecular weight is 400 g/mol. The third-order valence-corrected chi connectivity index (χ3v) is 5.20. The summed E-state index contributed by atoms with van der Waals surface area (Å²) in [6, 6.07) is 16.3. The molecule has 2 aromatic carbocycles. The van der Waals surface area contributed by atoms with Crippen molar-refractivity contribution in [2.24, 2.45) is 0 Å². The summed E-state index contributed by atoms with van der Waals surface area (Å²) in [6.45, 7) is 5.56. The summed E-state index contributed by atoms with van der Waals surface area (Å²) in [6.07, 6.45) is 2.47. The molecule has 1 unspecified atom stereocenters. The number of para-hydroxylation sites is 1. The highest BCUT2D eigenvalue weighted by Crippen LogP contribution is 2.31. The summed E-state index contributed by atoms with van der Waals surface area (Å²) in [5, 5.41) is 7.26. The lowest BCUT2D eigenvalue weighted by molar-refractivity contribution is 0.240. The van der Waals surface area contributed by atoms with Crippen LogP contribution in [0.1, 0.15) is 31.4 Å². The molecule has 0 aromatic heterocycles. The van der Waals surface area contributed by atoms with E-state index in [2.05, 4.69) is 27.7 Å². The minimum Gasteiger partial charge on any atom is -0.496 e. The second kappa shape index (κ2) is 10.3. The van der Waals surface area contributed by atoms with Crippen molar-refractivity contribution in [2.75, 3.05) is 38.7 Å². The second-order valence-corrected chi connectivity index (χ2v) is 7.20. The van der Waals surface area contributed by atoms with E-state index in [1.807, 2.05) is 43.3 Å². The smallest absolute Gasteiger partial charge is 0.170 e. The Morgan fingerprint density at radius 3 is 2.50 bits per heavy atom. The van der Waals surface area contributed by atoms with Gasteiger partial charge in [0.05, 0.1) is 19.8 Å². The Kier molecular flexibility index (Phi) is 7.51. The van der Waals surface area contributed by atoms with Crippen LogP contribution in [0.3, 0.4) is 0 Å². The minimum absolute atomic E-state index is 0.221. The van der Waals surface area contributed by atoms with E-state index in [9.17, 15) is 0 Å². The molecule has 0 bridgehead atoms. The van der Waals surface area contributed by atoms with Gasteiger partial charge in [-0.2, -0.15) is 0 Å². The maximum Gasteiger partial charge on any atom is 0.170 e. The van der Waals surface area contributed by atoms with Crippen LogP contribution in [0.25, 0.3) is 0 Å². The van der Waals surface area contributed by atoms with Crippen LogP contribution in [0, 0.1) is 0 Å². The van der Waals surface area contributed by atoms with Gasteiger partial charge in [-0.3, -0.25) is 4.90 Å². The summed E-state index contributed by atoms with van der Waals surface area (Å²) in [5.41, 5.74) is 2.14. The summed E-state index contributed by atoms with van der Waals surface area (Å²) < 4.78 is 11.1. The summed E-state index contributed by atoms with van der Waals surface area (Å²) in [4.78, 5) is 2.50. The van der Waals surface area contributed by atoms with Crippen LogP contribution in [0.15, 0.2) is 48.5 Å². The van der Waals surface area contributed by atoms with Gasteiger partial charge < -0.3 is 20.1 Å². The molecule has 2 aromatic rings. The van der Waals surface area contributed by atoms with Crippen molar-refractivity contribution in [3.05, 3.63) is 54.1 Å². The van der Waals surface area contributed by atoms with Gasteiger partial charge in [-0.1, -0.05) is 18.2 Å². The number of thiocarbonyl (C=S) groups is 1. The summed E-state index contributed by atoms with van der Waals surface area (Å²) in [7, 11) is 1.73. The molecule has 0 aliphatic carbocycles. The lowest BCUT2D eigenvalue weighted by atomic mass is 10.0. The number of methoxy groups -OCH3 is 1. The van der Waals surface area contributed by atoms with E-state index in [0.717, 1.165) is 36.8 Å². The number of hydrogen-bond acceptors (Lipinski definition) is 4. The second-order valence-electron chi connectivity index (χ2n) is 6.79. The molecule has 1 aliphatic rings. The molecule has 1 fully saturated rings. The fourth-order valence-corrected chi connectivity index (χ4v) is 3.80. The molecule has 0 amide bonds. The standard InChI is InChI=1S/C22H29N3O2S/c1-3-27-18-12-10-17(11-13-18)24-22(28)23-16-20(25-14-6-7-15-25)19-8-4-5-9-21(19)26-2/h4-5,8-13,20H,3,6-7,14-16H2,1-2H3,(H2,23,24,28). The molecule has 0 spiro atoms. The van der Waals surface area contributed by atoms with Crippen molar-refractivity contribution in [3.63, 3.8) is 0 Å². The number of anilines is 1. The summed E-state index contributed by atoms with van der Waals surface area (Å²) in [5.74, 6) is 1.78. The molecule has 150 valence electrons. The van der Waals surface area contributed by atoms with Crippen LogP contribution >= 0.6 is 12.2 Å².